The van der Waals surface area contributed by atoms with Crippen LogP contribution in [0.5, 0.6) is 0 Å². The predicted molar refractivity (Wildman–Crippen MR) is 268 cm³/mol. The molecule has 0 aliphatic rings. The fraction of sp³-hybridized carbons (Fsp3) is 0. The summed E-state index contributed by atoms with van der Waals surface area (Å²) in [4.78, 5) is 0. The minimum absolute atomic E-state index is 0.833. The van der Waals surface area contributed by atoms with Crippen LogP contribution in [0.15, 0.2) is 179 Å². The molecule has 0 atom stereocenters. The van der Waals surface area contributed by atoms with Gasteiger partial charge >= 0.3 is 0 Å². The lowest BCUT2D eigenvalue weighted by Crippen LogP contribution is -2.01. The predicted octanol–water partition coefficient (Wildman–Crippen LogP) is 17.6. The molecule has 4 nitrogen and oxygen atoms in total. The number of benzene rings is 9. The minimum atomic E-state index is 0.833. The highest BCUT2D eigenvalue weighted by Gasteiger charge is 2.25. The maximum Gasteiger partial charge on any atom is 0.172 e. The van der Waals surface area contributed by atoms with Gasteiger partial charge in [0.15, 0.2) is 22.3 Å². The molecule has 0 fully saturated rings. The number of hydrogen-bond donors (Lipinski definition) is 0. The quantitative estimate of drug-likeness (QED) is 0.128. The summed E-state index contributed by atoms with van der Waals surface area (Å²) in [6, 6.07) is 61.7. The molecule has 15 rings (SSSR count). The van der Waals surface area contributed by atoms with Crippen molar-refractivity contribution in [1.82, 2.24) is 8.80 Å². The van der Waals surface area contributed by atoms with E-state index >= 15 is 0 Å². The van der Waals surface area contributed by atoms with Crippen LogP contribution in [-0.2, 0) is 0 Å². The Morgan fingerprint density at radius 1 is 0.323 bits per heavy atom. The van der Waals surface area contributed by atoms with Gasteiger partial charge in [0, 0.05) is 40.3 Å². The molecule has 62 heavy (non-hydrogen) atoms. The van der Waals surface area contributed by atoms with Crippen molar-refractivity contribution in [2.45, 2.75) is 0 Å². The molecular formula is C54H28N2O2S4. The Labute approximate surface area is 367 Å². The monoisotopic (exact) mass is 864 g/mol. The first-order chi connectivity index (χ1) is 30.7. The van der Waals surface area contributed by atoms with Crippen molar-refractivity contribution in [3.05, 3.63) is 170 Å². The average molecular weight is 865 g/mol. The van der Waals surface area contributed by atoms with Crippen molar-refractivity contribution in [3.63, 3.8) is 0 Å². The minimum Gasteiger partial charge on any atom is -0.451 e. The van der Waals surface area contributed by atoms with E-state index in [-0.39, 0.29) is 0 Å². The first-order valence-electron chi connectivity index (χ1n) is 20.6. The third-order valence-electron chi connectivity index (χ3n) is 12.6. The van der Waals surface area contributed by atoms with Crippen molar-refractivity contribution in [2.75, 3.05) is 0 Å². The number of nitrogens with zero attached hydrogens (tertiary/aromatic N) is 2. The van der Waals surface area contributed by atoms with Crippen molar-refractivity contribution >= 4 is 160 Å². The summed E-state index contributed by atoms with van der Waals surface area (Å²) in [6.07, 6.45) is 0. The van der Waals surface area contributed by atoms with Gasteiger partial charge in [-0.3, -0.25) is 0 Å². The Hall–Kier alpha value is -6.94. The highest BCUT2D eigenvalue weighted by Crippen LogP contribution is 2.48. The summed E-state index contributed by atoms with van der Waals surface area (Å²) in [7, 11) is 0. The number of rotatable bonds is 2. The van der Waals surface area contributed by atoms with Gasteiger partial charge < -0.3 is 17.6 Å². The lowest BCUT2D eigenvalue weighted by Gasteiger charge is -2.20. The summed E-state index contributed by atoms with van der Waals surface area (Å²) in [6.45, 7) is 0. The van der Waals surface area contributed by atoms with E-state index in [2.05, 4.69) is 179 Å². The molecule has 6 aromatic heterocycles. The fourth-order valence-electron chi connectivity index (χ4n) is 9.90. The van der Waals surface area contributed by atoms with E-state index in [9.17, 15) is 0 Å². The van der Waals surface area contributed by atoms with Gasteiger partial charge in [-0.2, -0.15) is 0 Å². The lowest BCUT2D eigenvalue weighted by molar-refractivity contribution is 0.653. The average Bonchev–Trinajstić information content (AvgIpc) is 3.91. The standard InChI is InChI=1S/C54H28N2O2S4/c1-5-19-43-33(11-1)35-15-9-13-31(51(35)59-43)29-23-25-37-41(27-29)57-49-47-54(62-45-21-7-3-17-39(45)55(37)47)50-48-53(49)61-46-22-8-4-18-40(46)56(48)38-26-24-30(28-42(38)58-50)32-14-10-16-36-34-12-2-6-20-44(34)60-52(32)36/h1-28H. The largest absolute Gasteiger partial charge is 0.451 e. The molecule has 0 N–H and O–H groups in total. The van der Waals surface area contributed by atoms with Crippen molar-refractivity contribution in [2.24, 2.45) is 0 Å². The van der Waals surface area contributed by atoms with E-state index in [4.69, 9.17) is 8.83 Å². The second-order valence-electron chi connectivity index (χ2n) is 16.0. The molecule has 0 bridgehead atoms. The van der Waals surface area contributed by atoms with E-state index in [0.717, 1.165) is 76.0 Å². The van der Waals surface area contributed by atoms with Gasteiger partial charge in [-0.25, -0.2) is 0 Å². The van der Waals surface area contributed by atoms with E-state index in [1.807, 2.05) is 22.7 Å². The maximum absolute atomic E-state index is 7.34. The molecule has 0 spiro atoms. The van der Waals surface area contributed by atoms with Crippen LogP contribution < -0.4 is 0 Å². The molecular weight excluding hydrogens is 837 g/mol. The topological polar surface area (TPSA) is 35.1 Å². The fourth-order valence-corrected chi connectivity index (χ4v) is 14.7. The SMILES string of the molecule is c1ccc2c(c1)sc1c(-c3ccc4c(c3)oc3c5sc6ccccc6n6c7ccc(-c8cccc9c8sc8ccccc89)cc7oc(c7sc8ccccc8n4c37)c56)cccc12. The van der Waals surface area contributed by atoms with E-state index in [0.29, 0.717) is 0 Å². The van der Waals surface area contributed by atoms with Crippen LogP contribution in [0.25, 0.3) is 137 Å². The molecule has 0 aliphatic carbocycles. The molecule has 8 heteroatoms. The Morgan fingerprint density at radius 3 is 1.21 bits per heavy atom. The van der Waals surface area contributed by atoms with Gasteiger partial charge in [0.1, 0.15) is 20.4 Å². The second-order valence-corrected chi connectivity index (χ2v) is 20.2. The number of aromatic nitrogens is 2. The Kier molecular flexibility index (Phi) is 6.71. The van der Waals surface area contributed by atoms with Gasteiger partial charge in [0.25, 0.3) is 0 Å². The van der Waals surface area contributed by atoms with Gasteiger partial charge in [0.05, 0.1) is 31.5 Å². The molecule has 0 aliphatic heterocycles. The summed E-state index contributed by atoms with van der Waals surface area (Å²) >= 11 is 7.25. The van der Waals surface area contributed by atoms with Crippen LogP contribution in [-0.4, -0.2) is 8.80 Å². The Morgan fingerprint density at radius 2 is 0.726 bits per heavy atom. The van der Waals surface area contributed by atoms with E-state index in [1.165, 1.54) is 60.9 Å². The van der Waals surface area contributed by atoms with Crippen LogP contribution in [0.2, 0.25) is 0 Å². The summed E-state index contributed by atoms with van der Waals surface area (Å²) in [5.74, 6) is 0. The van der Waals surface area contributed by atoms with Crippen LogP contribution >= 0.6 is 45.3 Å². The van der Waals surface area contributed by atoms with Gasteiger partial charge in [-0.1, -0.05) is 109 Å². The molecule has 0 radical (unpaired) electrons. The normalized spacial score (nSPS) is 12.5. The van der Waals surface area contributed by atoms with Crippen molar-refractivity contribution in [1.29, 1.82) is 0 Å². The summed E-state index contributed by atoms with van der Waals surface area (Å²) in [5.41, 5.74) is 14.4. The molecule has 0 amide bonds. The zero-order valence-corrected chi connectivity index (χ0v) is 35.8. The van der Waals surface area contributed by atoms with Gasteiger partial charge in [-0.15, -0.1) is 45.3 Å². The lowest BCUT2D eigenvalue weighted by atomic mass is 10.0. The van der Waals surface area contributed by atoms with Gasteiger partial charge in [-0.05, 0) is 82.9 Å². The summed E-state index contributed by atoms with van der Waals surface area (Å²) in [5, 5.41) is 5.17. The smallest absolute Gasteiger partial charge is 0.172 e. The number of para-hydroxylation sites is 2. The summed E-state index contributed by atoms with van der Waals surface area (Å²) < 4.78 is 29.1. The number of fused-ring (bicyclic) bond motifs is 16. The van der Waals surface area contributed by atoms with Gasteiger partial charge in [0.2, 0.25) is 0 Å². The van der Waals surface area contributed by atoms with Crippen LogP contribution in [0.1, 0.15) is 0 Å². The second kappa shape index (κ2) is 12.3. The van der Waals surface area contributed by atoms with E-state index < -0.39 is 0 Å². The molecule has 6 heterocycles. The highest BCUT2D eigenvalue weighted by atomic mass is 32.1. The molecule has 290 valence electrons. The third-order valence-corrected chi connectivity index (χ3v) is 17.3. The molecule has 0 saturated carbocycles. The first kappa shape index (κ1) is 33.7. The molecule has 15 aromatic rings. The molecule has 0 unspecified atom stereocenters. The Bertz CT molecular complexity index is 4190. The zero-order chi connectivity index (χ0) is 40.2. The molecule has 0 saturated heterocycles. The van der Waals surface area contributed by atoms with Crippen molar-refractivity contribution < 1.29 is 8.83 Å². The number of hydrogen-bond acceptors (Lipinski definition) is 6. The Balaban J connectivity index is 1.08. The van der Waals surface area contributed by atoms with Crippen molar-refractivity contribution in [3.8, 4) is 22.3 Å². The molecule has 9 aromatic carbocycles. The van der Waals surface area contributed by atoms with E-state index in [1.54, 1.807) is 22.7 Å². The first-order valence-corrected chi connectivity index (χ1v) is 23.8. The zero-order valence-electron chi connectivity index (χ0n) is 32.5. The maximum atomic E-state index is 7.34. The van der Waals surface area contributed by atoms with Crippen LogP contribution in [0.4, 0.5) is 0 Å². The van der Waals surface area contributed by atoms with Crippen LogP contribution in [0.3, 0.4) is 0 Å². The third kappa shape index (κ3) is 4.49. The highest BCUT2D eigenvalue weighted by molar-refractivity contribution is 7.28. The van der Waals surface area contributed by atoms with Crippen LogP contribution in [0, 0.1) is 0 Å². The number of thiophene rings is 2.